The van der Waals surface area contributed by atoms with Gasteiger partial charge in [0.25, 0.3) is 0 Å². The van der Waals surface area contributed by atoms with Crippen LogP contribution in [0.5, 0.6) is 0 Å². The van der Waals surface area contributed by atoms with E-state index >= 15 is 4.39 Å². The van der Waals surface area contributed by atoms with E-state index < -0.39 is 5.82 Å². The number of hydrogen-bond acceptors (Lipinski definition) is 8. The fourth-order valence-corrected chi connectivity index (χ4v) is 3.72. The van der Waals surface area contributed by atoms with Gasteiger partial charge >= 0.3 is 0 Å². The molecule has 1 aliphatic rings. The standard InChI is InChI=1S/C23H21FN8/c1-15-9-17(4-7-25-15)21-27-10-16(11-28-21)12-29-22-20(24)23(31-14-30-22)32-8-5-19-18(13-32)3-2-6-26-19/h2-4,6-7,9-11,14H,5,8,12-13H2,1H3,(H,29,30,31). The third-order valence-electron chi connectivity index (χ3n) is 5.35. The lowest BCUT2D eigenvalue weighted by molar-refractivity contribution is 0.594. The van der Waals surface area contributed by atoms with Crippen molar-refractivity contribution >= 4 is 11.6 Å². The van der Waals surface area contributed by atoms with Crippen molar-refractivity contribution in [2.24, 2.45) is 0 Å². The minimum Gasteiger partial charge on any atom is -0.363 e. The minimum atomic E-state index is -0.468. The Hall–Kier alpha value is -4.01. The second-order valence-electron chi connectivity index (χ2n) is 7.60. The van der Waals surface area contributed by atoms with Crippen LogP contribution in [0.25, 0.3) is 11.4 Å². The Morgan fingerprint density at radius 2 is 1.91 bits per heavy atom. The SMILES string of the molecule is Cc1cc(-c2ncc(CNc3ncnc(N4CCc5ncccc5C4)c3F)cn2)ccn1. The summed E-state index contributed by atoms with van der Waals surface area (Å²) in [5.41, 5.74) is 4.77. The van der Waals surface area contributed by atoms with Crippen LogP contribution in [0.1, 0.15) is 22.5 Å². The second-order valence-corrected chi connectivity index (χ2v) is 7.60. The number of rotatable bonds is 5. The predicted octanol–water partition coefficient (Wildman–Crippen LogP) is 3.35. The molecular formula is C23H21FN8. The largest absolute Gasteiger partial charge is 0.363 e. The third kappa shape index (κ3) is 4.09. The van der Waals surface area contributed by atoms with Gasteiger partial charge in [-0.2, -0.15) is 4.39 Å². The van der Waals surface area contributed by atoms with E-state index in [1.165, 1.54) is 6.33 Å². The van der Waals surface area contributed by atoms with Gasteiger partial charge in [-0.05, 0) is 30.7 Å². The molecule has 0 aliphatic carbocycles. The molecule has 8 nitrogen and oxygen atoms in total. The van der Waals surface area contributed by atoms with Crippen LogP contribution < -0.4 is 10.2 Å². The van der Waals surface area contributed by atoms with Gasteiger partial charge < -0.3 is 10.2 Å². The van der Waals surface area contributed by atoms with Crippen LogP contribution >= 0.6 is 0 Å². The van der Waals surface area contributed by atoms with E-state index in [0.29, 0.717) is 25.5 Å². The number of aromatic nitrogens is 6. The van der Waals surface area contributed by atoms with Gasteiger partial charge in [-0.1, -0.05) is 6.07 Å². The van der Waals surface area contributed by atoms with Crippen LogP contribution in [0, 0.1) is 12.7 Å². The first-order valence-electron chi connectivity index (χ1n) is 10.3. The molecule has 160 valence electrons. The Kier molecular flexibility index (Phi) is 5.37. The van der Waals surface area contributed by atoms with Crippen molar-refractivity contribution < 1.29 is 4.39 Å². The zero-order valence-corrected chi connectivity index (χ0v) is 17.5. The van der Waals surface area contributed by atoms with Crippen LogP contribution in [-0.4, -0.2) is 36.4 Å². The summed E-state index contributed by atoms with van der Waals surface area (Å²) in [6, 6.07) is 7.71. The van der Waals surface area contributed by atoms with Gasteiger partial charge in [0.05, 0.1) is 0 Å². The number of pyridine rings is 2. The molecule has 4 aromatic rings. The fourth-order valence-electron chi connectivity index (χ4n) is 3.72. The molecule has 0 bridgehead atoms. The topological polar surface area (TPSA) is 92.6 Å². The van der Waals surface area contributed by atoms with E-state index in [4.69, 9.17) is 0 Å². The van der Waals surface area contributed by atoms with Crippen LogP contribution in [0.2, 0.25) is 0 Å². The molecule has 0 saturated carbocycles. The van der Waals surface area contributed by atoms with Crippen molar-refractivity contribution in [1.82, 2.24) is 29.9 Å². The first-order chi connectivity index (χ1) is 15.7. The summed E-state index contributed by atoms with van der Waals surface area (Å²) in [4.78, 5) is 27.6. The molecule has 0 aromatic carbocycles. The summed E-state index contributed by atoms with van der Waals surface area (Å²) in [5.74, 6) is 0.594. The molecule has 0 unspecified atom stereocenters. The zero-order valence-electron chi connectivity index (χ0n) is 17.5. The van der Waals surface area contributed by atoms with E-state index in [0.717, 1.165) is 34.5 Å². The molecule has 0 fully saturated rings. The summed E-state index contributed by atoms with van der Waals surface area (Å²) < 4.78 is 15.2. The molecule has 5 heterocycles. The Morgan fingerprint density at radius 3 is 2.75 bits per heavy atom. The highest BCUT2D eigenvalue weighted by atomic mass is 19.1. The maximum Gasteiger partial charge on any atom is 0.207 e. The molecule has 5 rings (SSSR count). The average molecular weight is 428 g/mol. The maximum atomic E-state index is 15.2. The number of aryl methyl sites for hydroxylation is 1. The quantitative estimate of drug-likeness (QED) is 0.517. The van der Waals surface area contributed by atoms with Gasteiger partial charge in [0.2, 0.25) is 5.82 Å². The molecule has 0 saturated heterocycles. The number of hydrogen-bond donors (Lipinski definition) is 1. The van der Waals surface area contributed by atoms with E-state index in [9.17, 15) is 0 Å². The van der Waals surface area contributed by atoms with Crippen LogP contribution in [0.15, 0.2) is 55.4 Å². The summed E-state index contributed by atoms with van der Waals surface area (Å²) in [6.45, 7) is 3.49. The number of nitrogens with zero attached hydrogens (tertiary/aromatic N) is 7. The molecule has 32 heavy (non-hydrogen) atoms. The lowest BCUT2D eigenvalue weighted by atomic mass is 10.1. The molecule has 0 amide bonds. The van der Waals surface area contributed by atoms with E-state index in [-0.39, 0.29) is 11.6 Å². The number of anilines is 2. The summed E-state index contributed by atoms with van der Waals surface area (Å²) in [6.07, 6.45) is 9.10. The Labute approximate surface area is 184 Å². The first-order valence-corrected chi connectivity index (χ1v) is 10.3. The lowest BCUT2D eigenvalue weighted by Crippen LogP contribution is -2.32. The van der Waals surface area contributed by atoms with Crippen molar-refractivity contribution in [2.75, 3.05) is 16.8 Å². The molecule has 1 N–H and O–H groups in total. The third-order valence-corrected chi connectivity index (χ3v) is 5.35. The highest BCUT2D eigenvalue weighted by Gasteiger charge is 2.22. The van der Waals surface area contributed by atoms with Crippen molar-refractivity contribution in [3.05, 3.63) is 83.7 Å². The smallest absolute Gasteiger partial charge is 0.207 e. The highest BCUT2D eigenvalue weighted by Crippen LogP contribution is 2.26. The Balaban J connectivity index is 1.28. The fraction of sp³-hybridized carbons (Fsp3) is 0.217. The first kappa shape index (κ1) is 19.9. The van der Waals surface area contributed by atoms with Crippen LogP contribution in [0.4, 0.5) is 16.0 Å². The van der Waals surface area contributed by atoms with Crippen LogP contribution in [-0.2, 0) is 19.5 Å². The van der Waals surface area contributed by atoms with E-state index in [1.807, 2.05) is 36.1 Å². The van der Waals surface area contributed by atoms with Gasteiger partial charge in [-0.25, -0.2) is 19.9 Å². The van der Waals surface area contributed by atoms with Crippen molar-refractivity contribution in [2.45, 2.75) is 26.4 Å². The number of fused-ring (bicyclic) bond motifs is 1. The molecular weight excluding hydrogens is 407 g/mol. The summed E-state index contributed by atoms with van der Waals surface area (Å²) >= 11 is 0. The van der Waals surface area contributed by atoms with Crippen molar-refractivity contribution in [3.8, 4) is 11.4 Å². The molecule has 0 radical (unpaired) electrons. The number of halogens is 1. The molecule has 1 aliphatic heterocycles. The molecule has 4 aromatic heterocycles. The monoisotopic (exact) mass is 428 g/mol. The van der Waals surface area contributed by atoms with Gasteiger partial charge in [-0.3, -0.25) is 9.97 Å². The van der Waals surface area contributed by atoms with Crippen molar-refractivity contribution in [3.63, 3.8) is 0 Å². The second kappa shape index (κ2) is 8.62. The van der Waals surface area contributed by atoms with E-state index in [1.54, 1.807) is 24.8 Å². The lowest BCUT2D eigenvalue weighted by Gasteiger charge is -2.29. The summed E-state index contributed by atoms with van der Waals surface area (Å²) in [5, 5.41) is 3.04. The normalized spacial score (nSPS) is 13.0. The molecule has 0 spiro atoms. The van der Waals surface area contributed by atoms with Gasteiger partial charge in [0, 0.05) is 73.4 Å². The Bertz CT molecular complexity index is 1240. The van der Waals surface area contributed by atoms with Gasteiger partial charge in [0.15, 0.2) is 17.5 Å². The zero-order chi connectivity index (χ0) is 21.9. The number of nitrogens with one attached hydrogen (secondary N) is 1. The van der Waals surface area contributed by atoms with Gasteiger partial charge in [0.1, 0.15) is 6.33 Å². The molecule has 9 heteroatoms. The Morgan fingerprint density at radius 1 is 1.03 bits per heavy atom. The highest BCUT2D eigenvalue weighted by molar-refractivity contribution is 5.55. The van der Waals surface area contributed by atoms with Crippen LogP contribution in [0.3, 0.4) is 0 Å². The van der Waals surface area contributed by atoms with Crippen molar-refractivity contribution in [1.29, 1.82) is 0 Å². The average Bonchev–Trinajstić information content (AvgIpc) is 2.83. The predicted molar refractivity (Wildman–Crippen MR) is 118 cm³/mol. The molecule has 0 atom stereocenters. The maximum absolute atomic E-state index is 15.2. The van der Waals surface area contributed by atoms with Gasteiger partial charge in [-0.15, -0.1) is 0 Å². The van der Waals surface area contributed by atoms with E-state index in [2.05, 4.69) is 35.2 Å². The minimum absolute atomic E-state index is 0.154. The summed E-state index contributed by atoms with van der Waals surface area (Å²) in [7, 11) is 0.